The van der Waals surface area contributed by atoms with Crippen molar-refractivity contribution < 1.29 is 38.2 Å². The van der Waals surface area contributed by atoms with Gasteiger partial charge in [0.1, 0.15) is 11.6 Å². The minimum atomic E-state index is -1.60. The van der Waals surface area contributed by atoms with E-state index >= 15 is 4.79 Å². The maximum atomic E-state index is 15.3. The van der Waals surface area contributed by atoms with Crippen LogP contribution in [0.25, 0.3) is 10.8 Å². The average Bonchev–Trinajstić information content (AvgIpc) is 3.50. The van der Waals surface area contributed by atoms with Crippen molar-refractivity contribution in [3.8, 4) is 5.75 Å². The van der Waals surface area contributed by atoms with Crippen LogP contribution in [-0.2, 0) is 29.3 Å². The highest BCUT2D eigenvalue weighted by Gasteiger charge is 2.70. The largest absolute Gasteiger partial charge is 0.507 e. The molecular weight excluding hydrogens is 665 g/mol. The smallest absolute Gasteiger partial charge is 0.423 e. The minimum absolute atomic E-state index is 0.00233. The van der Waals surface area contributed by atoms with Gasteiger partial charge in [-0.2, -0.15) is 9.91 Å². The van der Waals surface area contributed by atoms with Gasteiger partial charge in [-0.1, -0.05) is 65.7 Å². The van der Waals surface area contributed by atoms with Gasteiger partial charge in [0.15, 0.2) is 0 Å². The quantitative estimate of drug-likeness (QED) is 0.194. The SMILES string of the molecule is COC(=O)N1C(=O)[C@H]2[C@H](CC=C3[C@H]2C[C@H]2C(=O)N(Nc4ccc(F)cc4)C(=O)[C@@]2(c2ccc(Cl)cc2)[C@H]3c2ccc(O)c3ccccc23)C1=O. The third-order valence-corrected chi connectivity index (χ3v) is 11.1. The molecule has 2 aliphatic heterocycles. The summed E-state index contributed by atoms with van der Waals surface area (Å²) in [5.41, 5.74) is 3.41. The molecule has 2 saturated heterocycles. The molecule has 252 valence electrons. The lowest BCUT2D eigenvalue weighted by atomic mass is 9.49. The van der Waals surface area contributed by atoms with Crippen LogP contribution in [0.1, 0.15) is 29.9 Å². The number of likely N-dealkylation sites (tertiary alicyclic amines) is 1. The molecule has 2 heterocycles. The Morgan fingerprint density at radius 3 is 2.30 bits per heavy atom. The van der Waals surface area contributed by atoms with Crippen molar-refractivity contribution in [1.82, 2.24) is 9.91 Å². The number of anilines is 1. The van der Waals surface area contributed by atoms with Crippen LogP contribution in [0.15, 0.2) is 96.6 Å². The number of carbonyl (C=O) groups excluding carboxylic acids is 5. The second kappa shape index (κ2) is 11.5. The molecule has 0 spiro atoms. The highest BCUT2D eigenvalue weighted by molar-refractivity contribution is 6.30. The van der Waals surface area contributed by atoms with Crippen LogP contribution in [0.3, 0.4) is 0 Å². The van der Waals surface area contributed by atoms with E-state index in [1.165, 1.54) is 30.3 Å². The fourth-order valence-electron chi connectivity index (χ4n) is 8.83. The van der Waals surface area contributed by atoms with Gasteiger partial charge in [0.25, 0.3) is 11.8 Å². The molecule has 1 saturated carbocycles. The Bertz CT molecular complexity index is 2170. The molecule has 0 bridgehead atoms. The van der Waals surface area contributed by atoms with Crippen molar-refractivity contribution in [3.63, 3.8) is 0 Å². The fourth-order valence-corrected chi connectivity index (χ4v) is 8.96. The molecule has 0 radical (unpaired) electrons. The number of nitrogens with zero attached hydrogens (tertiary/aromatic N) is 2. The number of allylic oxidation sites excluding steroid dienone is 2. The third kappa shape index (κ3) is 4.35. The van der Waals surface area contributed by atoms with Gasteiger partial charge in [-0.05, 0) is 77.7 Å². The third-order valence-electron chi connectivity index (χ3n) is 10.9. The molecule has 0 aromatic heterocycles. The van der Waals surface area contributed by atoms with Crippen LogP contribution in [0, 0.1) is 29.5 Å². The normalized spacial score (nSPS) is 27.2. The molecule has 4 aromatic carbocycles. The molecule has 8 rings (SSSR count). The number of fused-ring (bicyclic) bond motifs is 5. The van der Waals surface area contributed by atoms with Crippen LogP contribution in [-0.4, -0.2) is 51.8 Å². The monoisotopic (exact) mass is 693 g/mol. The molecule has 3 fully saturated rings. The van der Waals surface area contributed by atoms with Crippen molar-refractivity contribution in [1.29, 1.82) is 0 Å². The molecule has 4 aromatic rings. The number of phenols is 1. The maximum Gasteiger partial charge on any atom is 0.423 e. The Morgan fingerprint density at radius 1 is 0.900 bits per heavy atom. The Morgan fingerprint density at radius 2 is 1.60 bits per heavy atom. The Kier molecular flexibility index (Phi) is 7.30. The standard InChI is InChI=1S/C38H29ClFN3O7/c1-50-37(49)42-33(45)27-15-14-26-28(31(27)35(42)47)18-29-34(46)43(41-22-12-10-21(40)11-13-22)36(48)38(29,19-6-8-20(39)9-7-19)32(26)25-16-17-30(44)24-5-3-2-4-23(24)25/h2-14,16-17,27-29,31-32,41,44H,15,18H2,1H3/t27-,28+,29-,31-,32-,38+/m0/s1. The second-order valence-electron chi connectivity index (χ2n) is 13.1. The van der Waals surface area contributed by atoms with E-state index in [0.29, 0.717) is 43.1 Å². The predicted octanol–water partition coefficient (Wildman–Crippen LogP) is 6.09. The predicted molar refractivity (Wildman–Crippen MR) is 179 cm³/mol. The lowest BCUT2D eigenvalue weighted by Gasteiger charge is -2.51. The molecule has 10 nitrogen and oxygen atoms in total. The number of phenolic OH excluding ortho intramolecular Hbond substituents is 1. The van der Waals surface area contributed by atoms with Crippen molar-refractivity contribution in [3.05, 3.63) is 119 Å². The van der Waals surface area contributed by atoms with E-state index in [1.54, 1.807) is 48.5 Å². The second-order valence-corrected chi connectivity index (χ2v) is 13.5. The number of nitrogens with one attached hydrogen (secondary N) is 1. The summed E-state index contributed by atoms with van der Waals surface area (Å²) in [6.07, 6.45) is 0.904. The summed E-state index contributed by atoms with van der Waals surface area (Å²) in [5.74, 6) is -7.54. The molecule has 2 N–H and O–H groups in total. The minimum Gasteiger partial charge on any atom is -0.507 e. The summed E-state index contributed by atoms with van der Waals surface area (Å²) in [6, 6.07) is 22.4. The van der Waals surface area contributed by atoms with E-state index in [4.69, 9.17) is 16.3 Å². The summed E-state index contributed by atoms with van der Waals surface area (Å²) in [4.78, 5) is 70.7. The molecule has 50 heavy (non-hydrogen) atoms. The molecule has 12 heteroatoms. The average molecular weight is 694 g/mol. The number of imide groups is 4. The number of rotatable bonds is 4. The maximum absolute atomic E-state index is 15.3. The van der Waals surface area contributed by atoms with Crippen molar-refractivity contribution in [2.24, 2.45) is 23.7 Å². The van der Waals surface area contributed by atoms with Gasteiger partial charge in [-0.15, -0.1) is 0 Å². The van der Waals surface area contributed by atoms with Crippen LogP contribution in [0.4, 0.5) is 14.9 Å². The number of benzene rings is 4. The van der Waals surface area contributed by atoms with E-state index in [0.717, 1.165) is 12.1 Å². The Hall–Kier alpha value is -5.55. The summed E-state index contributed by atoms with van der Waals surface area (Å²) in [7, 11) is 1.09. The van der Waals surface area contributed by atoms with Gasteiger partial charge in [0, 0.05) is 16.3 Å². The summed E-state index contributed by atoms with van der Waals surface area (Å²) in [6.45, 7) is 0. The van der Waals surface area contributed by atoms with Crippen LogP contribution in [0.5, 0.6) is 5.75 Å². The molecule has 6 atom stereocenters. The van der Waals surface area contributed by atoms with Gasteiger partial charge in [0.2, 0.25) is 11.8 Å². The zero-order valence-electron chi connectivity index (χ0n) is 26.5. The van der Waals surface area contributed by atoms with Gasteiger partial charge in [-0.3, -0.25) is 24.6 Å². The van der Waals surface area contributed by atoms with Crippen LogP contribution >= 0.6 is 11.6 Å². The number of hydrogen-bond donors (Lipinski definition) is 2. The first kappa shape index (κ1) is 31.7. The van der Waals surface area contributed by atoms with Crippen LogP contribution in [0.2, 0.25) is 5.02 Å². The molecule has 0 unspecified atom stereocenters. The van der Waals surface area contributed by atoms with Crippen molar-refractivity contribution in [2.75, 3.05) is 12.5 Å². The zero-order chi connectivity index (χ0) is 35.1. The number of ether oxygens (including phenoxy) is 1. The lowest BCUT2D eigenvalue weighted by Crippen LogP contribution is -2.53. The first-order valence-electron chi connectivity index (χ1n) is 16.1. The molecule has 2 aliphatic carbocycles. The van der Waals surface area contributed by atoms with Gasteiger partial charge in [0.05, 0.1) is 36.0 Å². The number of hydrazine groups is 1. The number of hydrogen-bond acceptors (Lipinski definition) is 8. The molecular formula is C38H29ClFN3O7. The van der Waals surface area contributed by atoms with Gasteiger partial charge >= 0.3 is 6.09 Å². The fraction of sp³-hybridized carbons (Fsp3) is 0.237. The first-order chi connectivity index (χ1) is 24.1. The number of methoxy groups -OCH3 is 1. The topological polar surface area (TPSA) is 133 Å². The van der Waals surface area contributed by atoms with Gasteiger partial charge < -0.3 is 9.84 Å². The van der Waals surface area contributed by atoms with E-state index in [2.05, 4.69) is 5.43 Å². The number of halogens is 2. The zero-order valence-corrected chi connectivity index (χ0v) is 27.3. The Labute approximate surface area is 290 Å². The van der Waals surface area contributed by atoms with Crippen molar-refractivity contribution in [2.45, 2.75) is 24.2 Å². The van der Waals surface area contributed by atoms with Crippen LogP contribution < -0.4 is 5.43 Å². The first-order valence-corrected chi connectivity index (χ1v) is 16.5. The number of amides is 5. The highest BCUT2D eigenvalue weighted by Crippen LogP contribution is 2.64. The van der Waals surface area contributed by atoms with E-state index in [-0.39, 0.29) is 18.6 Å². The van der Waals surface area contributed by atoms with Crippen molar-refractivity contribution >= 4 is 57.8 Å². The summed E-state index contributed by atoms with van der Waals surface area (Å²) in [5, 5.41) is 13.4. The molecule has 4 aliphatic rings. The molecule has 5 amide bonds. The number of aromatic hydroxyl groups is 1. The van der Waals surface area contributed by atoms with E-state index < -0.39 is 70.5 Å². The highest BCUT2D eigenvalue weighted by atomic mass is 35.5. The lowest BCUT2D eigenvalue weighted by molar-refractivity contribution is -0.140. The Balaban J connectivity index is 1.40. The summed E-state index contributed by atoms with van der Waals surface area (Å²) >= 11 is 6.35. The summed E-state index contributed by atoms with van der Waals surface area (Å²) < 4.78 is 18.6. The van der Waals surface area contributed by atoms with E-state index in [9.17, 15) is 28.7 Å². The van der Waals surface area contributed by atoms with E-state index in [1.807, 2.05) is 12.1 Å². The number of carbonyl (C=O) groups is 5. The van der Waals surface area contributed by atoms with Gasteiger partial charge in [-0.25, -0.2) is 9.18 Å².